The molecule has 2 aromatic carbocycles. The predicted molar refractivity (Wildman–Crippen MR) is 93.0 cm³/mol. The van der Waals surface area contributed by atoms with Crippen molar-refractivity contribution in [2.24, 2.45) is 0 Å². The Kier molecular flexibility index (Phi) is 5.64. The third-order valence-electron chi connectivity index (χ3n) is 4.83. The molecule has 1 saturated carbocycles. The molecule has 3 rings (SSSR count). The molecule has 1 nitrogen and oxygen atoms in total. The van der Waals surface area contributed by atoms with Crippen LogP contribution in [0, 0.1) is 23.3 Å². The molecule has 0 heterocycles. The zero-order valence-corrected chi connectivity index (χ0v) is 14.5. The maximum absolute atomic E-state index is 14.6. The molecule has 0 saturated heterocycles. The van der Waals surface area contributed by atoms with Crippen LogP contribution < -0.4 is 4.74 Å². The summed E-state index contributed by atoms with van der Waals surface area (Å²) in [5, 5.41) is 0. The summed E-state index contributed by atoms with van der Waals surface area (Å²) < 4.78 is 62.6. The second kappa shape index (κ2) is 7.94. The Balaban J connectivity index is 1.99. The summed E-state index contributed by atoms with van der Waals surface area (Å²) in [6.07, 6.45) is 7.43. The van der Waals surface area contributed by atoms with Crippen LogP contribution in [0.15, 0.2) is 36.6 Å². The average molecular weight is 364 g/mol. The number of allylic oxidation sites excluding steroid dienone is 1. The van der Waals surface area contributed by atoms with Crippen molar-refractivity contribution >= 4 is 0 Å². The smallest absolute Gasteiger partial charge is 0.201 e. The van der Waals surface area contributed by atoms with Crippen molar-refractivity contribution < 1.29 is 22.3 Å². The van der Waals surface area contributed by atoms with Gasteiger partial charge in [-0.1, -0.05) is 37.5 Å². The predicted octanol–water partition coefficient (Wildman–Crippen LogP) is 6.87. The molecular formula is C21H20F4O. The fourth-order valence-electron chi connectivity index (χ4n) is 3.47. The van der Waals surface area contributed by atoms with Crippen LogP contribution in [0.25, 0.3) is 11.1 Å². The van der Waals surface area contributed by atoms with Crippen LogP contribution in [-0.2, 0) is 0 Å². The number of hydrogen-bond acceptors (Lipinski definition) is 1. The standard InChI is InChI=1S/C21H20F4O/c1-2-12-26-17-11-10-16(20(24)21(17)25)15-9-8-14(18(22)19(15)23)13-6-4-3-5-7-13/h2,8-13H,3-7H2,1H3/b12-2-. The van der Waals surface area contributed by atoms with Gasteiger partial charge in [0.2, 0.25) is 5.82 Å². The monoisotopic (exact) mass is 364 g/mol. The van der Waals surface area contributed by atoms with Gasteiger partial charge < -0.3 is 4.74 Å². The lowest BCUT2D eigenvalue weighted by atomic mass is 9.83. The first-order valence-corrected chi connectivity index (χ1v) is 8.78. The molecule has 0 aromatic heterocycles. The van der Waals surface area contributed by atoms with E-state index in [1.54, 1.807) is 6.92 Å². The number of benzene rings is 2. The molecule has 1 aliphatic carbocycles. The molecule has 0 unspecified atom stereocenters. The van der Waals surface area contributed by atoms with Crippen molar-refractivity contribution in [2.45, 2.75) is 44.9 Å². The maximum Gasteiger partial charge on any atom is 0.201 e. The van der Waals surface area contributed by atoms with Gasteiger partial charge in [0.1, 0.15) is 0 Å². The summed E-state index contributed by atoms with van der Waals surface area (Å²) in [6, 6.07) is 5.20. The summed E-state index contributed by atoms with van der Waals surface area (Å²) in [4.78, 5) is 0. The van der Waals surface area contributed by atoms with E-state index >= 15 is 0 Å². The minimum Gasteiger partial charge on any atom is -0.462 e. The Morgan fingerprint density at radius 3 is 2.08 bits per heavy atom. The van der Waals surface area contributed by atoms with Crippen molar-refractivity contribution in [3.05, 3.63) is 65.4 Å². The van der Waals surface area contributed by atoms with Gasteiger partial charge in [-0.15, -0.1) is 0 Å². The van der Waals surface area contributed by atoms with Crippen molar-refractivity contribution in [3.8, 4) is 16.9 Å². The molecule has 2 aromatic rings. The van der Waals surface area contributed by atoms with Gasteiger partial charge in [0.25, 0.3) is 0 Å². The fraction of sp³-hybridized carbons (Fsp3) is 0.333. The van der Waals surface area contributed by atoms with Crippen LogP contribution >= 0.6 is 0 Å². The SMILES string of the molecule is C/C=C\Oc1ccc(-c2ccc(C3CCCCC3)c(F)c2F)c(F)c1F. The van der Waals surface area contributed by atoms with Crippen molar-refractivity contribution in [1.82, 2.24) is 0 Å². The molecule has 138 valence electrons. The molecule has 0 spiro atoms. The highest BCUT2D eigenvalue weighted by atomic mass is 19.2. The number of rotatable bonds is 4. The lowest BCUT2D eigenvalue weighted by molar-refractivity contribution is 0.413. The molecular weight excluding hydrogens is 344 g/mol. The van der Waals surface area contributed by atoms with E-state index in [2.05, 4.69) is 0 Å². The van der Waals surface area contributed by atoms with Crippen LogP contribution in [0.5, 0.6) is 5.75 Å². The summed E-state index contributed by atoms with van der Waals surface area (Å²) >= 11 is 0. The minimum atomic E-state index is -1.27. The third-order valence-corrected chi connectivity index (χ3v) is 4.83. The van der Waals surface area contributed by atoms with Gasteiger partial charge in [-0.2, -0.15) is 4.39 Å². The number of halogens is 4. The van der Waals surface area contributed by atoms with Crippen molar-refractivity contribution in [2.75, 3.05) is 0 Å². The van der Waals surface area contributed by atoms with E-state index in [-0.39, 0.29) is 22.8 Å². The van der Waals surface area contributed by atoms with E-state index in [0.717, 1.165) is 32.1 Å². The van der Waals surface area contributed by atoms with Crippen LogP contribution in [0.2, 0.25) is 0 Å². The lowest BCUT2D eigenvalue weighted by Gasteiger charge is -2.23. The Morgan fingerprint density at radius 1 is 0.808 bits per heavy atom. The molecule has 0 radical (unpaired) electrons. The van der Waals surface area contributed by atoms with E-state index in [0.29, 0.717) is 5.56 Å². The van der Waals surface area contributed by atoms with E-state index in [1.807, 2.05) is 0 Å². The first kappa shape index (κ1) is 18.5. The van der Waals surface area contributed by atoms with E-state index in [4.69, 9.17) is 4.74 Å². The van der Waals surface area contributed by atoms with Gasteiger partial charge in [-0.25, -0.2) is 13.2 Å². The largest absolute Gasteiger partial charge is 0.462 e. The van der Waals surface area contributed by atoms with Crippen LogP contribution in [0.3, 0.4) is 0 Å². The van der Waals surface area contributed by atoms with Crippen LogP contribution in [0.4, 0.5) is 17.6 Å². The normalized spacial score (nSPS) is 15.6. The highest BCUT2D eigenvalue weighted by molar-refractivity contribution is 5.66. The molecule has 0 aliphatic heterocycles. The first-order chi connectivity index (χ1) is 12.5. The second-order valence-electron chi connectivity index (χ2n) is 6.49. The van der Waals surface area contributed by atoms with Crippen LogP contribution in [-0.4, -0.2) is 0 Å². The highest BCUT2D eigenvalue weighted by Crippen LogP contribution is 2.38. The van der Waals surface area contributed by atoms with Gasteiger partial charge >= 0.3 is 0 Å². The van der Waals surface area contributed by atoms with Gasteiger partial charge in [0, 0.05) is 11.1 Å². The van der Waals surface area contributed by atoms with E-state index in [1.165, 1.54) is 36.6 Å². The van der Waals surface area contributed by atoms with Crippen molar-refractivity contribution in [3.63, 3.8) is 0 Å². The summed E-state index contributed by atoms with van der Waals surface area (Å²) in [7, 11) is 0. The maximum atomic E-state index is 14.6. The molecule has 1 aliphatic rings. The summed E-state index contributed by atoms with van der Waals surface area (Å²) in [5.41, 5.74) is -0.308. The van der Waals surface area contributed by atoms with Gasteiger partial charge in [-0.3, -0.25) is 0 Å². The highest BCUT2D eigenvalue weighted by Gasteiger charge is 2.25. The molecule has 0 atom stereocenters. The average Bonchev–Trinajstić information content (AvgIpc) is 2.66. The van der Waals surface area contributed by atoms with Gasteiger partial charge in [0.05, 0.1) is 6.26 Å². The Bertz CT molecular complexity index is 823. The van der Waals surface area contributed by atoms with Gasteiger partial charge in [-0.05, 0) is 43.4 Å². The molecule has 1 fully saturated rings. The summed E-state index contributed by atoms with van der Waals surface area (Å²) in [5.74, 6) is -4.96. The van der Waals surface area contributed by atoms with E-state index < -0.39 is 23.3 Å². The minimum absolute atomic E-state index is 0.0227. The number of hydrogen-bond donors (Lipinski definition) is 0. The Hall–Kier alpha value is -2.30. The Morgan fingerprint density at radius 2 is 1.42 bits per heavy atom. The molecule has 0 N–H and O–H groups in total. The molecule has 0 bridgehead atoms. The first-order valence-electron chi connectivity index (χ1n) is 8.78. The second-order valence-corrected chi connectivity index (χ2v) is 6.49. The van der Waals surface area contributed by atoms with E-state index in [9.17, 15) is 17.6 Å². The Labute approximate surface area is 150 Å². The van der Waals surface area contributed by atoms with Crippen molar-refractivity contribution in [1.29, 1.82) is 0 Å². The fourth-order valence-corrected chi connectivity index (χ4v) is 3.47. The zero-order valence-electron chi connectivity index (χ0n) is 14.5. The zero-order chi connectivity index (χ0) is 18.7. The lowest BCUT2D eigenvalue weighted by Crippen LogP contribution is -2.08. The molecule has 5 heteroatoms. The van der Waals surface area contributed by atoms with Gasteiger partial charge in [0.15, 0.2) is 23.2 Å². The number of ether oxygens (including phenoxy) is 1. The van der Waals surface area contributed by atoms with Crippen LogP contribution in [0.1, 0.15) is 50.5 Å². The summed E-state index contributed by atoms with van der Waals surface area (Å²) in [6.45, 7) is 1.66. The topological polar surface area (TPSA) is 9.23 Å². The molecule has 0 amide bonds. The molecule has 26 heavy (non-hydrogen) atoms. The third kappa shape index (κ3) is 3.48. The quantitative estimate of drug-likeness (QED) is 0.425.